The molecule has 1 aromatic rings. The van der Waals surface area contributed by atoms with E-state index in [9.17, 15) is 18.3 Å². The van der Waals surface area contributed by atoms with E-state index in [0.717, 1.165) is 6.07 Å². The van der Waals surface area contributed by atoms with Crippen molar-refractivity contribution in [2.75, 3.05) is 0 Å². The second-order valence-corrected chi connectivity index (χ2v) is 4.86. The van der Waals surface area contributed by atoms with Crippen molar-refractivity contribution in [2.24, 2.45) is 11.7 Å². The molecule has 19 heavy (non-hydrogen) atoms. The first kappa shape index (κ1) is 18.2. The van der Waals surface area contributed by atoms with Gasteiger partial charge in [-0.05, 0) is 24.8 Å². The van der Waals surface area contributed by atoms with E-state index in [0.29, 0.717) is 24.8 Å². The van der Waals surface area contributed by atoms with E-state index in [1.165, 1.54) is 0 Å². The Labute approximate surface area is 117 Å². The van der Waals surface area contributed by atoms with E-state index in [1.54, 1.807) is 0 Å². The van der Waals surface area contributed by atoms with Gasteiger partial charge in [-0.25, -0.2) is 13.2 Å². The molecular formula is C13H19ClF3NO. The lowest BCUT2D eigenvalue weighted by atomic mass is 9.95. The maximum atomic E-state index is 13.5. The van der Waals surface area contributed by atoms with Crippen molar-refractivity contribution in [3.63, 3.8) is 0 Å². The number of nitrogens with two attached hydrogens (primary N) is 1. The summed E-state index contributed by atoms with van der Waals surface area (Å²) in [6, 6.07) is 0.141. The van der Waals surface area contributed by atoms with Crippen LogP contribution in [0, 0.1) is 23.4 Å². The highest BCUT2D eigenvalue weighted by Crippen LogP contribution is 2.24. The molecule has 0 saturated heterocycles. The van der Waals surface area contributed by atoms with Gasteiger partial charge < -0.3 is 10.8 Å². The van der Waals surface area contributed by atoms with Gasteiger partial charge in [0.1, 0.15) is 5.82 Å². The predicted octanol–water partition coefficient (Wildman–Crippen LogP) is 3.32. The summed E-state index contributed by atoms with van der Waals surface area (Å²) in [4.78, 5) is 0. The summed E-state index contributed by atoms with van der Waals surface area (Å²) in [6.07, 6.45) is 0.0353. The molecule has 0 amide bonds. The van der Waals surface area contributed by atoms with Crippen molar-refractivity contribution in [2.45, 2.75) is 38.8 Å². The Morgan fingerprint density at radius 3 is 2.26 bits per heavy atom. The third-order valence-corrected chi connectivity index (χ3v) is 2.83. The topological polar surface area (TPSA) is 46.2 Å². The van der Waals surface area contributed by atoms with Gasteiger partial charge in [0, 0.05) is 11.6 Å². The maximum absolute atomic E-state index is 13.5. The van der Waals surface area contributed by atoms with Gasteiger partial charge in [0.15, 0.2) is 11.6 Å². The summed E-state index contributed by atoms with van der Waals surface area (Å²) >= 11 is 0. The molecular weight excluding hydrogens is 279 g/mol. The number of benzene rings is 1. The summed E-state index contributed by atoms with van der Waals surface area (Å²) in [5.74, 6) is -3.04. The number of hydrogen-bond donors (Lipinski definition) is 2. The molecule has 0 saturated carbocycles. The second-order valence-electron chi connectivity index (χ2n) is 4.86. The molecule has 2 nitrogen and oxygen atoms in total. The Balaban J connectivity index is 0.00000324. The van der Waals surface area contributed by atoms with E-state index < -0.39 is 29.6 Å². The largest absolute Gasteiger partial charge is 0.391 e. The van der Waals surface area contributed by atoms with Gasteiger partial charge in [-0.3, -0.25) is 0 Å². The van der Waals surface area contributed by atoms with Crippen LogP contribution in [0.2, 0.25) is 0 Å². The molecule has 0 bridgehead atoms. The van der Waals surface area contributed by atoms with Crippen molar-refractivity contribution in [3.8, 4) is 0 Å². The Bertz CT molecular complexity index is 415. The Hall–Kier alpha value is -0.780. The summed E-state index contributed by atoms with van der Waals surface area (Å²) in [7, 11) is 0. The molecule has 0 unspecified atom stereocenters. The predicted molar refractivity (Wildman–Crippen MR) is 70.6 cm³/mol. The lowest BCUT2D eigenvalue weighted by Crippen LogP contribution is -2.28. The third kappa shape index (κ3) is 5.01. The van der Waals surface area contributed by atoms with Crippen LogP contribution in [-0.4, -0.2) is 11.2 Å². The van der Waals surface area contributed by atoms with Gasteiger partial charge in [0.2, 0.25) is 0 Å². The zero-order chi connectivity index (χ0) is 13.9. The first-order valence-electron chi connectivity index (χ1n) is 5.91. The zero-order valence-corrected chi connectivity index (χ0v) is 11.7. The second kappa shape index (κ2) is 7.72. The Kier molecular flexibility index (Phi) is 7.41. The van der Waals surface area contributed by atoms with Gasteiger partial charge in [0.25, 0.3) is 0 Å². The van der Waals surface area contributed by atoms with Crippen molar-refractivity contribution in [1.29, 1.82) is 0 Å². The maximum Gasteiger partial charge on any atom is 0.163 e. The molecule has 3 N–H and O–H groups in total. The lowest BCUT2D eigenvalue weighted by molar-refractivity contribution is 0.126. The van der Waals surface area contributed by atoms with Crippen LogP contribution in [0.1, 0.15) is 38.3 Å². The first-order chi connectivity index (χ1) is 8.32. The molecule has 0 spiro atoms. The minimum absolute atomic E-state index is 0. The molecule has 0 aliphatic carbocycles. The molecule has 1 rings (SSSR count). The molecule has 110 valence electrons. The Morgan fingerprint density at radius 1 is 1.16 bits per heavy atom. The molecule has 2 atom stereocenters. The highest BCUT2D eigenvalue weighted by Gasteiger charge is 2.23. The molecule has 1 aromatic carbocycles. The smallest absolute Gasteiger partial charge is 0.163 e. The molecule has 0 heterocycles. The first-order valence-corrected chi connectivity index (χ1v) is 5.91. The van der Waals surface area contributed by atoms with Crippen LogP contribution in [0.3, 0.4) is 0 Å². The number of aliphatic hydroxyl groups excluding tert-OH is 1. The molecule has 6 heteroatoms. The van der Waals surface area contributed by atoms with E-state index >= 15 is 0 Å². The number of aliphatic hydroxyl groups is 1. The summed E-state index contributed by atoms with van der Waals surface area (Å²) in [6.45, 7) is 3.95. The minimum atomic E-state index is -1.29. The lowest BCUT2D eigenvalue weighted by Gasteiger charge is -2.20. The van der Waals surface area contributed by atoms with Crippen LogP contribution in [0.25, 0.3) is 0 Å². The summed E-state index contributed by atoms with van der Waals surface area (Å²) in [5.41, 5.74) is 5.31. The van der Waals surface area contributed by atoms with Gasteiger partial charge in [-0.15, -0.1) is 12.4 Å². The third-order valence-electron chi connectivity index (χ3n) is 2.83. The highest BCUT2D eigenvalue weighted by molar-refractivity contribution is 5.85. The average Bonchev–Trinajstić information content (AvgIpc) is 2.29. The molecule has 0 aromatic heterocycles. The number of halogens is 4. The van der Waals surface area contributed by atoms with Crippen molar-refractivity contribution < 1.29 is 18.3 Å². The monoisotopic (exact) mass is 297 g/mol. The fourth-order valence-corrected chi connectivity index (χ4v) is 1.71. The fraction of sp³-hybridized carbons (Fsp3) is 0.538. The summed E-state index contributed by atoms with van der Waals surface area (Å²) < 4.78 is 39.5. The van der Waals surface area contributed by atoms with E-state index in [2.05, 4.69) is 0 Å². The van der Waals surface area contributed by atoms with Crippen LogP contribution in [0.5, 0.6) is 0 Å². The van der Waals surface area contributed by atoms with Crippen LogP contribution < -0.4 is 5.73 Å². The quantitative estimate of drug-likeness (QED) is 0.819. The van der Waals surface area contributed by atoms with E-state index in [4.69, 9.17) is 5.73 Å². The van der Waals surface area contributed by atoms with Crippen LogP contribution in [0.15, 0.2) is 12.1 Å². The normalized spacial score (nSPS) is 14.1. The minimum Gasteiger partial charge on any atom is -0.391 e. The van der Waals surface area contributed by atoms with E-state index in [1.807, 2.05) is 13.8 Å². The van der Waals surface area contributed by atoms with Crippen LogP contribution >= 0.6 is 12.4 Å². The molecule has 0 radical (unpaired) electrons. The van der Waals surface area contributed by atoms with Gasteiger partial charge >= 0.3 is 0 Å². The Morgan fingerprint density at radius 2 is 1.74 bits per heavy atom. The SMILES string of the molecule is CC(C)CC[C@H](O)[C@H](N)c1cc(F)cc(F)c1F.Cl. The van der Waals surface area contributed by atoms with Crippen molar-refractivity contribution in [3.05, 3.63) is 35.1 Å². The number of rotatable bonds is 5. The van der Waals surface area contributed by atoms with Gasteiger partial charge in [0.05, 0.1) is 12.1 Å². The van der Waals surface area contributed by atoms with Gasteiger partial charge in [-0.2, -0.15) is 0 Å². The van der Waals surface area contributed by atoms with Crippen molar-refractivity contribution in [1.82, 2.24) is 0 Å². The zero-order valence-electron chi connectivity index (χ0n) is 10.9. The van der Waals surface area contributed by atoms with Gasteiger partial charge in [-0.1, -0.05) is 13.8 Å². The van der Waals surface area contributed by atoms with E-state index in [-0.39, 0.29) is 18.0 Å². The fourth-order valence-electron chi connectivity index (χ4n) is 1.71. The molecule has 0 aliphatic heterocycles. The molecule has 0 aliphatic rings. The highest BCUT2D eigenvalue weighted by atomic mass is 35.5. The van der Waals surface area contributed by atoms with Crippen LogP contribution in [0.4, 0.5) is 13.2 Å². The average molecular weight is 298 g/mol. The van der Waals surface area contributed by atoms with Crippen LogP contribution in [-0.2, 0) is 0 Å². The van der Waals surface area contributed by atoms with Crippen molar-refractivity contribution >= 4 is 12.4 Å². The molecule has 0 fully saturated rings. The number of hydrogen-bond acceptors (Lipinski definition) is 2. The summed E-state index contributed by atoms with van der Waals surface area (Å²) in [5, 5.41) is 9.79. The standard InChI is InChI=1S/C13H18F3NO.ClH/c1-7(2)3-4-11(18)13(17)9-5-8(14)6-10(15)12(9)16;/h5-7,11,13,18H,3-4,17H2,1-2H3;1H/t11-,13+;/m0./s1.